The highest BCUT2D eigenvalue weighted by molar-refractivity contribution is 5.66. The lowest BCUT2D eigenvalue weighted by Gasteiger charge is -2.37. The molecule has 0 amide bonds. The number of fused-ring (bicyclic) bond motifs is 1. The minimum atomic E-state index is -1.14. The second kappa shape index (κ2) is 10.4. The fraction of sp³-hybridized carbons (Fsp3) is 0.367. The van der Waals surface area contributed by atoms with Crippen LogP contribution in [0, 0.1) is 0 Å². The first-order valence-electron chi connectivity index (χ1n) is 12.5. The largest absolute Gasteiger partial charge is 0.457 e. The standard InChI is InChI=1S/C30H32O7/c1-20(31)34-26-25(35-28-27(26)36-29(2,3)37-28)24(32)19-33-30(21-13-7-4-8-14-21,22-15-9-5-10-16-22)23-17-11-6-12-18-23/h4-18,24-28,32H,19H2,1-3H3/t24-,25-,26+,27-,28+/m0/s1. The molecule has 194 valence electrons. The van der Waals surface area contributed by atoms with E-state index < -0.39 is 48.1 Å². The van der Waals surface area contributed by atoms with Crippen molar-refractivity contribution in [2.75, 3.05) is 6.61 Å². The smallest absolute Gasteiger partial charge is 0.303 e. The Balaban J connectivity index is 1.48. The zero-order valence-electron chi connectivity index (χ0n) is 21.2. The van der Waals surface area contributed by atoms with E-state index in [0.29, 0.717) is 0 Å². The van der Waals surface area contributed by atoms with Gasteiger partial charge in [0.25, 0.3) is 0 Å². The van der Waals surface area contributed by atoms with E-state index in [2.05, 4.69) is 0 Å². The number of esters is 1. The maximum Gasteiger partial charge on any atom is 0.303 e. The molecule has 0 saturated carbocycles. The molecule has 0 radical (unpaired) electrons. The van der Waals surface area contributed by atoms with Gasteiger partial charge >= 0.3 is 5.97 Å². The Morgan fingerprint density at radius 3 is 1.84 bits per heavy atom. The van der Waals surface area contributed by atoms with E-state index >= 15 is 0 Å². The Hall–Kier alpha value is -3.07. The Morgan fingerprint density at radius 1 is 0.892 bits per heavy atom. The number of ether oxygens (including phenoxy) is 5. The van der Waals surface area contributed by atoms with E-state index in [9.17, 15) is 9.90 Å². The van der Waals surface area contributed by atoms with Gasteiger partial charge in [0.15, 0.2) is 24.3 Å². The average Bonchev–Trinajstić information content (AvgIpc) is 3.38. The number of aliphatic hydroxyl groups excluding tert-OH is 1. The maximum absolute atomic E-state index is 11.9. The molecule has 7 nitrogen and oxygen atoms in total. The predicted molar refractivity (Wildman–Crippen MR) is 135 cm³/mol. The second-order valence-corrected chi connectivity index (χ2v) is 9.80. The number of rotatable bonds is 8. The van der Waals surface area contributed by atoms with Crippen LogP contribution in [0.25, 0.3) is 0 Å². The zero-order chi connectivity index (χ0) is 26.0. The van der Waals surface area contributed by atoms with E-state index in [4.69, 9.17) is 23.7 Å². The van der Waals surface area contributed by atoms with Crippen molar-refractivity contribution >= 4 is 5.97 Å². The lowest BCUT2D eigenvalue weighted by Crippen LogP contribution is -2.46. The molecule has 7 heteroatoms. The third-order valence-corrected chi connectivity index (χ3v) is 6.72. The zero-order valence-corrected chi connectivity index (χ0v) is 21.2. The molecule has 2 aliphatic heterocycles. The van der Waals surface area contributed by atoms with Gasteiger partial charge in [-0.3, -0.25) is 4.79 Å². The molecule has 3 aromatic rings. The van der Waals surface area contributed by atoms with Crippen LogP contribution in [0.1, 0.15) is 37.5 Å². The van der Waals surface area contributed by atoms with Crippen LogP contribution in [-0.2, 0) is 34.1 Å². The third kappa shape index (κ3) is 5.06. The monoisotopic (exact) mass is 504 g/mol. The number of carbonyl (C=O) groups excluding carboxylic acids is 1. The van der Waals surface area contributed by atoms with Crippen LogP contribution in [0.2, 0.25) is 0 Å². The van der Waals surface area contributed by atoms with E-state index in [1.165, 1.54) is 6.92 Å². The second-order valence-electron chi connectivity index (χ2n) is 9.80. The minimum absolute atomic E-state index is 0.107. The molecule has 2 heterocycles. The van der Waals surface area contributed by atoms with Gasteiger partial charge in [-0.2, -0.15) is 0 Å². The Morgan fingerprint density at radius 2 is 1.38 bits per heavy atom. The molecule has 0 spiro atoms. The van der Waals surface area contributed by atoms with Crippen LogP contribution in [-0.4, -0.2) is 54.2 Å². The van der Waals surface area contributed by atoms with Gasteiger partial charge in [-0.05, 0) is 30.5 Å². The lowest BCUT2D eigenvalue weighted by molar-refractivity contribution is -0.233. The van der Waals surface area contributed by atoms with Crippen molar-refractivity contribution in [2.45, 2.75) is 62.9 Å². The van der Waals surface area contributed by atoms with Crippen molar-refractivity contribution in [3.8, 4) is 0 Å². The van der Waals surface area contributed by atoms with Gasteiger partial charge in [0.05, 0.1) is 6.61 Å². The SMILES string of the molecule is CC(=O)O[C@H]1[C@@H]2OC(C)(C)O[C@H]2O[C@H]1[C@@H](O)COC(c1ccccc1)(c1ccccc1)c1ccccc1. The van der Waals surface area contributed by atoms with Crippen molar-refractivity contribution in [3.63, 3.8) is 0 Å². The van der Waals surface area contributed by atoms with Crippen LogP contribution in [0.5, 0.6) is 0 Å². The average molecular weight is 505 g/mol. The summed E-state index contributed by atoms with van der Waals surface area (Å²) >= 11 is 0. The summed E-state index contributed by atoms with van der Waals surface area (Å²) in [6.45, 7) is 4.74. The van der Waals surface area contributed by atoms with Gasteiger partial charge in [-0.15, -0.1) is 0 Å². The fourth-order valence-electron chi connectivity index (χ4n) is 5.21. The molecule has 5 atom stereocenters. The van der Waals surface area contributed by atoms with Crippen LogP contribution >= 0.6 is 0 Å². The molecule has 1 N–H and O–H groups in total. The van der Waals surface area contributed by atoms with Crippen molar-refractivity contribution in [3.05, 3.63) is 108 Å². The molecule has 0 aromatic heterocycles. The van der Waals surface area contributed by atoms with Crippen molar-refractivity contribution in [1.82, 2.24) is 0 Å². The van der Waals surface area contributed by atoms with Gasteiger partial charge in [-0.1, -0.05) is 91.0 Å². The summed E-state index contributed by atoms with van der Waals surface area (Å²) in [6.07, 6.45) is -4.29. The predicted octanol–water partition coefficient (Wildman–Crippen LogP) is 4.16. The summed E-state index contributed by atoms with van der Waals surface area (Å²) in [6, 6.07) is 29.7. The summed E-state index contributed by atoms with van der Waals surface area (Å²) in [5.74, 6) is -1.38. The molecule has 2 saturated heterocycles. The highest BCUT2D eigenvalue weighted by Crippen LogP contribution is 2.42. The molecule has 0 bridgehead atoms. The van der Waals surface area contributed by atoms with Gasteiger partial charge in [0, 0.05) is 6.92 Å². The molecule has 0 unspecified atom stereocenters. The summed E-state index contributed by atoms with van der Waals surface area (Å²) in [5.41, 5.74) is 1.72. The first-order valence-corrected chi connectivity index (χ1v) is 12.5. The van der Waals surface area contributed by atoms with E-state index in [1.807, 2.05) is 91.0 Å². The van der Waals surface area contributed by atoms with Crippen LogP contribution in [0.4, 0.5) is 0 Å². The summed E-state index contributed by atoms with van der Waals surface area (Å²) in [4.78, 5) is 11.9. The van der Waals surface area contributed by atoms with Gasteiger partial charge < -0.3 is 28.8 Å². The molecular formula is C30H32O7. The number of benzene rings is 3. The number of carbonyl (C=O) groups is 1. The molecule has 5 rings (SSSR count). The number of aliphatic hydroxyl groups is 1. The fourth-order valence-corrected chi connectivity index (χ4v) is 5.21. The highest BCUT2D eigenvalue weighted by Gasteiger charge is 2.58. The Labute approximate surface area is 216 Å². The van der Waals surface area contributed by atoms with E-state index in [1.54, 1.807) is 13.8 Å². The molecule has 2 fully saturated rings. The van der Waals surface area contributed by atoms with Gasteiger partial charge in [-0.25, -0.2) is 0 Å². The molecule has 2 aliphatic rings. The van der Waals surface area contributed by atoms with Crippen LogP contribution in [0.3, 0.4) is 0 Å². The lowest BCUT2D eigenvalue weighted by atomic mass is 9.80. The van der Waals surface area contributed by atoms with Crippen molar-refractivity contribution in [1.29, 1.82) is 0 Å². The first kappa shape index (κ1) is 25.6. The summed E-state index contributed by atoms with van der Waals surface area (Å²) in [7, 11) is 0. The highest BCUT2D eigenvalue weighted by atomic mass is 16.8. The maximum atomic E-state index is 11.9. The first-order chi connectivity index (χ1) is 17.8. The van der Waals surface area contributed by atoms with Crippen molar-refractivity contribution < 1.29 is 33.6 Å². The van der Waals surface area contributed by atoms with Crippen LogP contribution in [0.15, 0.2) is 91.0 Å². The van der Waals surface area contributed by atoms with Crippen molar-refractivity contribution in [2.24, 2.45) is 0 Å². The quantitative estimate of drug-likeness (QED) is 0.364. The number of hydrogen-bond acceptors (Lipinski definition) is 7. The van der Waals surface area contributed by atoms with E-state index in [-0.39, 0.29) is 6.61 Å². The minimum Gasteiger partial charge on any atom is -0.457 e. The summed E-state index contributed by atoms with van der Waals surface area (Å²) in [5, 5.41) is 11.4. The summed E-state index contributed by atoms with van der Waals surface area (Å²) < 4.78 is 30.1. The normalized spacial score (nSPS) is 25.4. The third-order valence-electron chi connectivity index (χ3n) is 6.72. The van der Waals surface area contributed by atoms with Gasteiger partial charge in [0.1, 0.15) is 17.8 Å². The topological polar surface area (TPSA) is 83.5 Å². The number of hydrogen-bond donors (Lipinski definition) is 1. The van der Waals surface area contributed by atoms with Gasteiger partial charge in [0.2, 0.25) is 0 Å². The molecule has 0 aliphatic carbocycles. The van der Waals surface area contributed by atoms with E-state index in [0.717, 1.165) is 16.7 Å². The molecule has 3 aromatic carbocycles. The Bertz CT molecular complexity index is 1090. The molecule has 37 heavy (non-hydrogen) atoms. The molecular weight excluding hydrogens is 472 g/mol. The Kier molecular flexibility index (Phi) is 7.16. The van der Waals surface area contributed by atoms with Crippen LogP contribution < -0.4 is 0 Å².